The third-order valence-electron chi connectivity index (χ3n) is 3.36. The molecule has 1 N–H and O–H groups in total. The Morgan fingerprint density at radius 3 is 2.15 bits per heavy atom. The van der Waals surface area contributed by atoms with Gasteiger partial charge in [0, 0.05) is 5.56 Å². The van der Waals surface area contributed by atoms with E-state index in [0.29, 0.717) is 17.9 Å². The van der Waals surface area contributed by atoms with Gasteiger partial charge in [-0.3, -0.25) is 19.7 Å². The predicted molar refractivity (Wildman–Crippen MR) is 97.6 cm³/mol. The van der Waals surface area contributed by atoms with Gasteiger partial charge in [0.15, 0.2) is 6.61 Å². The van der Waals surface area contributed by atoms with E-state index in [1.54, 1.807) is 54.6 Å². The van der Waals surface area contributed by atoms with Gasteiger partial charge in [-0.25, -0.2) is 0 Å². The lowest BCUT2D eigenvalue weighted by molar-refractivity contribution is -0.148. The Labute approximate surface area is 157 Å². The Bertz CT molecular complexity index is 758. The number of hydrogen-bond donors (Lipinski definition) is 1. The van der Waals surface area contributed by atoms with Gasteiger partial charge in [-0.15, -0.1) is 0 Å². The van der Waals surface area contributed by atoms with Crippen LogP contribution in [0.15, 0.2) is 54.6 Å². The number of rotatable bonds is 9. The molecule has 0 saturated heterocycles. The van der Waals surface area contributed by atoms with Crippen molar-refractivity contribution in [2.24, 2.45) is 0 Å². The lowest BCUT2D eigenvalue weighted by Crippen LogP contribution is -2.34. The van der Waals surface area contributed by atoms with Crippen LogP contribution in [0.2, 0.25) is 0 Å². The molecular formula is C20H21NO6. The van der Waals surface area contributed by atoms with Crippen LogP contribution in [0.3, 0.4) is 0 Å². The summed E-state index contributed by atoms with van der Waals surface area (Å²) in [5, 5.41) is 2.15. The van der Waals surface area contributed by atoms with Gasteiger partial charge in [0.1, 0.15) is 11.5 Å². The zero-order valence-corrected chi connectivity index (χ0v) is 15.0. The van der Waals surface area contributed by atoms with Crippen molar-refractivity contribution in [3.63, 3.8) is 0 Å². The molecule has 0 bridgehead atoms. The van der Waals surface area contributed by atoms with Crippen LogP contribution >= 0.6 is 0 Å². The zero-order chi connectivity index (χ0) is 19.5. The Morgan fingerprint density at radius 1 is 0.889 bits per heavy atom. The van der Waals surface area contributed by atoms with Crippen molar-refractivity contribution >= 4 is 17.8 Å². The number of ether oxygens (including phenoxy) is 3. The van der Waals surface area contributed by atoms with Gasteiger partial charge >= 0.3 is 5.97 Å². The Kier molecular flexibility index (Phi) is 7.84. The van der Waals surface area contributed by atoms with Gasteiger partial charge in [0.2, 0.25) is 0 Å². The molecule has 0 unspecified atom stereocenters. The van der Waals surface area contributed by atoms with Crippen molar-refractivity contribution in [1.82, 2.24) is 5.32 Å². The molecule has 0 aromatic heterocycles. The summed E-state index contributed by atoms with van der Waals surface area (Å²) in [4.78, 5) is 35.1. The molecule has 0 aliphatic carbocycles. The van der Waals surface area contributed by atoms with Crippen LogP contribution in [-0.2, 0) is 14.3 Å². The van der Waals surface area contributed by atoms with Crippen LogP contribution in [-0.4, -0.2) is 37.6 Å². The summed E-state index contributed by atoms with van der Waals surface area (Å²) in [5.74, 6) is -0.499. The summed E-state index contributed by atoms with van der Waals surface area (Å²) in [7, 11) is 0. The van der Waals surface area contributed by atoms with Gasteiger partial charge in [-0.2, -0.15) is 0 Å². The molecule has 2 aromatic rings. The molecule has 0 saturated carbocycles. The topological polar surface area (TPSA) is 90.9 Å². The highest BCUT2D eigenvalue weighted by atomic mass is 16.5. The van der Waals surface area contributed by atoms with Crippen LogP contribution in [0.25, 0.3) is 0 Å². The van der Waals surface area contributed by atoms with E-state index in [1.807, 2.05) is 6.92 Å². The van der Waals surface area contributed by atoms with E-state index in [-0.39, 0.29) is 13.0 Å². The standard InChI is InChI=1S/C20H21NO6/c1-2-25-16-8-10-17(11-9-16)26-13-12-19(23)27-14-18(22)21-20(24)15-6-4-3-5-7-15/h3-11H,2,12-14H2,1H3,(H,21,22,24). The van der Waals surface area contributed by atoms with Crippen LogP contribution in [0.1, 0.15) is 23.7 Å². The van der Waals surface area contributed by atoms with Gasteiger partial charge in [-0.05, 0) is 43.3 Å². The minimum absolute atomic E-state index is 0.0207. The van der Waals surface area contributed by atoms with Crippen molar-refractivity contribution in [1.29, 1.82) is 0 Å². The first-order valence-corrected chi connectivity index (χ1v) is 8.49. The van der Waals surface area contributed by atoms with E-state index in [2.05, 4.69) is 5.32 Å². The first kappa shape index (κ1) is 20.0. The fourth-order valence-electron chi connectivity index (χ4n) is 2.09. The number of amides is 2. The number of hydrogen-bond acceptors (Lipinski definition) is 6. The van der Waals surface area contributed by atoms with Crippen molar-refractivity contribution in [3.8, 4) is 11.5 Å². The van der Waals surface area contributed by atoms with Crippen LogP contribution < -0.4 is 14.8 Å². The molecule has 0 fully saturated rings. The molecule has 0 heterocycles. The number of esters is 1. The molecule has 7 nitrogen and oxygen atoms in total. The molecule has 7 heteroatoms. The number of carbonyl (C=O) groups excluding carboxylic acids is 3. The summed E-state index contributed by atoms with van der Waals surface area (Å²) in [6, 6.07) is 15.3. The molecule has 0 radical (unpaired) electrons. The lowest BCUT2D eigenvalue weighted by Gasteiger charge is -2.08. The molecule has 2 rings (SSSR count). The lowest BCUT2D eigenvalue weighted by atomic mass is 10.2. The van der Waals surface area contributed by atoms with E-state index in [0.717, 1.165) is 5.75 Å². The summed E-state index contributed by atoms with van der Waals surface area (Å²) < 4.78 is 15.6. The smallest absolute Gasteiger partial charge is 0.309 e. The van der Waals surface area contributed by atoms with Crippen molar-refractivity contribution < 1.29 is 28.6 Å². The van der Waals surface area contributed by atoms with Gasteiger partial charge in [0.05, 0.1) is 19.6 Å². The minimum atomic E-state index is -0.690. The number of carbonyl (C=O) groups is 3. The largest absolute Gasteiger partial charge is 0.494 e. The highest BCUT2D eigenvalue weighted by molar-refractivity contribution is 6.05. The average Bonchev–Trinajstić information content (AvgIpc) is 2.68. The first-order chi connectivity index (χ1) is 13.1. The second-order valence-corrected chi connectivity index (χ2v) is 5.41. The fourth-order valence-corrected chi connectivity index (χ4v) is 2.09. The Morgan fingerprint density at radius 2 is 1.52 bits per heavy atom. The second-order valence-electron chi connectivity index (χ2n) is 5.41. The SMILES string of the molecule is CCOc1ccc(OCCC(=O)OCC(=O)NC(=O)c2ccccc2)cc1. The molecule has 0 atom stereocenters. The number of nitrogens with one attached hydrogen (secondary N) is 1. The summed E-state index contributed by atoms with van der Waals surface area (Å²) in [5.41, 5.74) is 0.348. The fraction of sp³-hybridized carbons (Fsp3) is 0.250. The summed E-state index contributed by atoms with van der Waals surface area (Å²) >= 11 is 0. The molecule has 2 aromatic carbocycles. The third kappa shape index (κ3) is 7.19. The van der Waals surface area contributed by atoms with Crippen molar-refractivity contribution in [2.45, 2.75) is 13.3 Å². The van der Waals surface area contributed by atoms with E-state index < -0.39 is 24.4 Å². The quantitative estimate of drug-likeness (QED) is 0.681. The molecule has 142 valence electrons. The minimum Gasteiger partial charge on any atom is -0.494 e. The van der Waals surface area contributed by atoms with E-state index >= 15 is 0 Å². The monoisotopic (exact) mass is 371 g/mol. The molecule has 0 aliphatic rings. The average molecular weight is 371 g/mol. The summed E-state index contributed by atoms with van der Waals surface area (Å²) in [6.45, 7) is 2.06. The Hall–Kier alpha value is -3.35. The van der Waals surface area contributed by atoms with Crippen molar-refractivity contribution in [3.05, 3.63) is 60.2 Å². The maximum absolute atomic E-state index is 11.8. The maximum atomic E-state index is 11.8. The molecular weight excluding hydrogens is 350 g/mol. The van der Waals surface area contributed by atoms with E-state index in [9.17, 15) is 14.4 Å². The highest BCUT2D eigenvalue weighted by Gasteiger charge is 2.12. The summed E-state index contributed by atoms with van der Waals surface area (Å²) in [6.07, 6.45) is -0.0207. The molecule has 2 amide bonds. The van der Waals surface area contributed by atoms with Crippen molar-refractivity contribution in [2.75, 3.05) is 19.8 Å². The normalized spacial score (nSPS) is 9.96. The number of benzene rings is 2. The van der Waals surface area contributed by atoms with Crippen LogP contribution in [0, 0.1) is 0 Å². The van der Waals surface area contributed by atoms with E-state index in [4.69, 9.17) is 14.2 Å². The van der Waals surface area contributed by atoms with Crippen LogP contribution in [0.4, 0.5) is 0 Å². The van der Waals surface area contributed by atoms with Gasteiger partial charge in [-0.1, -0.05) is 18.2 Å². The van der Waals surface area contributed by atoms with Gasteiger partial charge in [0.25, 0.3) is 11.8 Å². The third-order valence-corrected chi connectivity index (χ3v) is 3.36. The maximum Gasteiger partial charge on any atom is 0.309 e. The number of imide groups is 1. The Balaban J connectivity index is 1.64. The molecule has 0 spiro atoms. The predicted octanol–water partition coefficient (Wildman–Crippen LogP) is 2.35. The second kappa shape index (κ2) is 10.6. The highest BCUT2D eigenvalue weighted by Crippen LogP contribution is 2.17. The van der Waals surface area contributed by atoms with Gasteiger partial charge < -0.3 is 14.2 Å². The first-order valence-electron chi connectivity index (χ1n) is 8.49. The zero-order valence-electron chi connectivity index (χ0n) is 15.0. The van der Waals surface area contributed by atoms with E-state index in [1.165, 1.54) is 0 Å². The van der Waals surface area contributed by atoms with Crippen LogP contribution in [0.5, 0.6) is 11.5 Å². The molecule has 0 aliphatic heterocycles. The molecule has 27 heavy (non-hydrogen) atoms.